The number of carbonyl (C=O) groups excluding carboxylic acids is 4. The van der Waals surface area contributed by atoms with E-state index >= 15 is 0 Å². The predicted molar refractivity (Wildman–Crippen MR) is 427 cm³/mol. The van der Waals surface area contributed by atoms with Gasteiger partial charge in [-0.1, -0.05) is 209 Å². The number of anilines is 4. The average Bonchev–Trinajstić information content (AvgIpc) is 1.62. The van der Waals surface area contributed by atoms with E-state index < -0.39 is 43.5 Å². The van der Waals surface area contributed by atoms with E-state index in [-0.39, 0.29) is 46.8 Å². The molecule has 0 spiro atoms. The highest BCUT2D eigenvalue weighted by atomic mass is 35.5. The molecular weight excluding hydrogens is 1800 g/mol. The fourth-order valence-corrected chi connectivity index (χ4v) is 20.1. The van der Waals surface area contributed by atoms with E-state index in [4.69, 9.17) is 104 Å². The van der Waals surface area contributed by atoms with E-state index in [2.05, 4.69) is 107 Å². The normalized spacial score (nSPS) is 12.7. The Balaban J connectivity index is 0.000000157. The van der Waals surface area contributed by atoms with Gasteiger partial charge in [0, 0.05) is 92.5 Å². The lowest BCUT2D eigenvalue weighted by atomic mass is 10.1. The van der Waals surface area contributed by atoms with E-state index in [0.29, 0.717) is 112 Å². The van der Waals surface area contributed by atoms with Crippen LogP contribution in [-0.2, 0) is 19.9 Å². The van der Waals surface area contributed by atoms with E-state index in [0.717, 1.165) is 51.9 Å². The summed E-state index contributed by atoms with van der Waals surface area (Å²) in [6, 6.07) is 15.3. The Kier molecular flexibility index (Phi) is 30.7. The van der Waals surface area contributed by atoms with E-state index in [1.807, 2.05) is 19.0 Å². The van der Waals surface area contributed by atoms with Crippen molar-refractivity contribution < 1.29 is 36.0 Å². The Morgan fingerprint density at radius 2 is 0.890 bits per heavy atom. The first kappa shape index (κ1) is 84.6. The van der Waals surface area contributed by atoms with Gasteiger partial charge in [-0.15, -0.1) is 40.8 Å². The Morgan fingerprint density at radius 3 is 1.28 bits per heavy atom. The van der Waals surface area contributed by atoms with Crippen molar-refractivity contribution >= 4 is 263 Å². The molecule has 1 unspecified atom stereocenters. The summed E-state index contributed by atoms with van der Waals surface area (Å²) in [6.45, 7) is 1.46. The molecule has 0 radical (unpaired) electrons. The van der Waals surface area contributed by atoms with Crippen LogP contribution in [0.3, 0.4) is 0 Å². The number of amides is 4. The lowest BCUT2D eigenvalue weighted by Gasteiger charge is -2.15. The summed E-state index contributed by atoms with van der Waals surface area (Å²) < 4.78 is 53.0. The van der Waals surface area contributed by atoms with Gasteiger partial charge in [0.05, 0.1) is 81.5 Å². The first-order valence-corrected chi connectivity index (χ1v) is 42.8. The van der Waals surface area contributed by atoms with Crippen molar-refractivity contribution in [3.8, 4) is 0 Å². The lowest BCUT2D eigenvalue weighted by Crippen LogP contribution is -2.30. The Labute approximate surface area is 696 Å². The van der Waals surface area contributed by atoms with Crippen LogP contribution in [0.25, 0.3) is 0 Å². The molecule has 0 saturated heterocycles. The minimum atomic E-state index is -3.54. The SMILES string of the molecule is CN(C)CCNC1CS(=O)(=O)c2cc(NC(=O)c3nnc(Sc4c(Cl)cncc4Cl)s3)ccc21.CNS(=O)(=O)c1ccc(NC(=O)c2nnc(Sc3c(Cl)cncc3Cl)s2)cc1.O=C(Nc1cccc(Cl)n1)c1nnc(Sc2c(Cl)cncc2Cl)s1.O=C(Nc1cnccn1)c1nnc(Sc2c(Cl)cncc2Cl)s1. The number of sulfone groups is 1. The minimum absolute atomic E-state index is 0.00965. The molecule has 11 heterocycles. The summed E-state index contributed by atoms with van der Waals surface area (Å²) in [5.74, 6) is -1.15. The number of benzene rings is 2. The monoisotopic (exact) mass is 1830 g/mol. The topological polar surface area (TPSA) is 405 Å². The number of nitrogens with one attached hydrogen (secondary N) is 6. The summed E-state index contributed by atoms with van der Waals surface area (Å²) in [5, 5.41) is 49.2. The third-order valence-corrected chi connectivity index (χ3v) is 28.3. The first-order valence-electron chi connectivity index (χ1n) is 29.7. The zero-order valence-corrected chi connectivity index (χ0v) is 69.7. The van der Waals surface area contributed by atoms with Crippen LogP contribution in [0.4, 0.5) is 23.0 Å². The summed E-state index contributed by atoms with van der Waals surface area (Å²) in [7, 11) is -1.76. The molecule has 49 heteroatoms. The molecular formula is C60H43Cl9N22O8S10. The molecule has 0 fully saturated rings. The molecule has 1 aliphatic rings. The molecule has 4 amide bonds. The second kappa shape index (κ2) is 39.6. The number of rotatable bonds is 22. The van der Waals surface area contributed by atoms with Gasteiger partial charge in [-0.3, -0.25) is 44.1 Å². The summed E-state index contributed by atoms with van der Waals surface area (Å²) in [6.07, 6.45) is 16.2. The molecule has 109 heavy (non-hydrogen) atoms. The van der Waals surface area contributed by atoms with Gasteiger partial charge in [-0.25, -0.2) is 31.5 Å². The van der Waals surface area contributed by atoms with Crippen LogP contribution in [0, 0.1) is 0 Å². The Bertz CT molecular complexity index is 5450. The average molecular weight is 1840 g/mol. The van der Waals surface area contributed by atoms with Crippen molar-refractivity contribution in [3.05, 3.63) is 200 Å². The molecule has 0 aliphatic carbocycles. The number of aromatic nitrogens is 15. The van der Waals surface area contributed by atoms with Gasteiger partial charge < -0.3 is 31.5 Å². The molecule has 13 rings (SSSR count). The largest absolute Gasteiger partial charge is 0.320 e. The second-order valence-corrected chi connectivity index (χ2v) is 37.4. The molecule has 0 saturated carbocycles. The highest BCUT2D eigenvalue weighted by Gasteiger charge is 2.35. The molecule has 12 aromatic rings. The highest BCUT2D eigenvalue weighted by molar-refractivity contribution is 8.02. The maximum absolute atomic E-state index is 12.7. The van der Waals surface area contributed by atoms with Crippen LogP contribution in [0.5, 0.6) is 0 Å². The van der Waals surface area contributed by atoms with Crippen LogP contribution in [0.2, 0.25) is 45.3 Å². The standard InChI is InChI=1S/C20H20Cl2N6O3S3.C15H11Cl2N5O3S3.C13H6Cl3N5OS2.C12H6Cl2N6OS2/c1-28(2)6-5-24-15-10-34(30,31)16-7-11(3-4-12(15)16)25-18(29)19-26-27-20(33-19)32-17-13(21)8-23-9-14(17)22;1-18-28(24,25)9-4-2-8(3-5-9)20-13(23)14-21-22-15(27-14)26-12-10(16)6-19-7-11(12)17;14-6-4-17-5-7(15)10(6)23-13-21-20-12(24-13)11(22)19-9-3-1-2-8(16)18-9;13-6-3-16-4-7(14)9(6)22-12-20-19-11(23-12)10(21)18-8-5-15-1-2-17-8/h3-4,7-9,15,24H,5-6,10H2,1-2H3,(H,25,29);2-7,18H,1H3,(H,20,23);1-5H,(H,18,19,22);1-5H,(H,17,18,21). The molecule has 6 N–H and O–H groups in total. The van der Waals surface area contributed by atoms with Gasteiger partial charge in [-0.05, 0) is 75.2 Å². The zero-order valence-electron chi connectivity index (χ0n) is 54.7. The number of hydrogen-bond donors (Lipinski definition) is 6. The van der Waals surface area contributed by atoms with Crippen molar-refractivity contribution in [2.75, 3.05) is 61.3 Å². The van der Waals surface area contributed by atoms with Gasteiger partial charge >= 0.3 is 0 Å². The van der Waals surface area contributed by atoms with Gasteiger partial charge in [0.15, 0.2) is 33.0 Å². The van der Waals surface area contributed by atoms with Crippen molar-refractivity contribution in [2.45, 2.75) is 52.8 Å². The number of fused-ring (bicyclic) bond motifs is 1. The minimum Gasteiger partial charge on any atom is -0.320 e. The van der Waals surface area contributed by atoms with Crippen LogP contribution in [-0.4, -0.2) is 161 Å². The van der Waals surface area contributed by atoms with E-state index in [9.17, 15) is 36.0 Å². The summed E-state index contributed by atoms with van der Waals surface area (Å²) >= 11 is 63.6. The second-order valence-electron chi connectivity index (χ2n) is 21.0. The number of nitrogens with zero attached hydrogens (tertiary/aromatic N) is 16. The lowest BCUT2D eigenvalue weighted by molar-refractivity contribution is 0.101. The van der Waals surface area contributed by atoms with Crippen LogP contribution < -0.4 is 31.3 Å². The summed E-state index contributed by atoms with van der Waals surface area (Å²) in [5.41, 5.74) is 1.49. The Morgan fingerprint density at radius 1 is 0.495 bits per heavy atom. The maximum Gasteiger partial charge on any atom is 0.287 e. The number of carbonyl (C=O) groups is 4. The van der Waals surface area contributed by atoms with Crippen LogP contribution in [0.15, 0.2) is 176 Å². The number of likely N-dealkylation sites (N-methyl/N-ethyl adjacent to an activating group) is 1. The quantitative estimate of drug-likeness (QED) is 0.0343. The number of pyridine rings is 5. The smallest absolute Gasteiger partial charge is 0.287 e. The highest BCUT2D eigenvalue weighted by Crippen LogP contribution is 2.44. The van der Waals surface area contributed by atoms with Gasteiger partial charge in [0.25, 0.3) is 23.6 Å². The van der Waals surface area contributed by atoms with E-state index in [1.54, 1.807) is 30.3 Å². The maximum atomic E-state index is 12.7. The molecule has 10 aromatic heterocycles. The molecule has 1 atom stereocenters. The molecule has 2 aromatic carbocycles. The number of halogens is 9. The fourth-order valence-electron chi connectivity index (χ4n) is 8.29. The molecule has 30 nitrogen and oxygen atoms in total. The van der Waals surface area contributed by atoms with Crippen molar-refractivity contribution in [2.24, 2.45) is 0 Å². The van der Waals surface area contributed by atoms with Gasteiger partial charge in [-0.2, -0.15) is 0 Å². The number of sulfonamides is 1. The van der Waals surface area contributed by atoms with Crippen molar-refractivity contribution in [1.29, 1.82) is 0 Å². The third kappa shape index (κ3) is 23.9. The molecule has 0 bridgehead atoms. The molecule has 1 aliphatic heterocycles. The zero-order chi connectivity index (χ0) is 78.1. The first-order chi connectivity index (χ1) is 52.1. The Hall–Kier alpha value is -6.82. The molecule has 564 valence electrons. The van der Waals surface area contributed by atoms with Gasteiger partial charge in [0.1, 0.15) is 11.0 Å². The van der Waals surface area contributed by atoms with E-state index in [1.165, 1.54) is 153 Å². The van der Waals surface area contributed by atoms with Gasteiger partial charge in [0.2, 0.25) is 30.1 Å². The number of hydrogen-bond acceptors (Lipinski definition) is 33. The van der Waals surface area contributed by atoms with Crippen molar-refractivity contribution in [3.63, 3.8) is 0 Å². The van der Waals surface area contributed by atoms with Crippen LogP contribution >= 0.6 is 197 Å². The van der Waals surface area contributed by atoms with Crippen molar-refractivity contribution in [1.82, 2.24) is 90.6 Å². The fraction of sp³-hybridized carbons (Fsp3) is 0.117. The third-order valence-electron chi connectivity index (χ3n) is 13.2. The van der Waals surface area contributed by atoms with Crippen LogP contribution in [0.1, 0.15) is 50.8 Å². The predicted octanol–water partition coefficient (Wildman–Crippen LogP) is 15.3. The summed E-state index contributed by atoms with van der Waals surface area (Å²) in [4.78, 5) is 81.3.